The van der Waals surface area contributed by atoms with E-state index in [2.05, 4.69) is 15.9 Å². The Morgan fingerprint density at radius 2 is 2.47 bits per heavy atom. The third-order valence-electron chi connectivity index (χ3n) is 2.50. The van der Waals surface area contributed by atoms with E-state index in [-0.39, 0.29) is 18.3 Å². The van der Waals surface area contributed by atoms with Crippen LogP contribution in [0.5, 0.6) is 11.5 Å². The van der Waals surface area contributed by atoms with E-state index in [4.69, 9.17) is 4.74 Å². The van der Waals surface area contributed by atoms with Crippen LogP contribution >= 0.6 is 15.9 Å². The third kappa shape index (κ3) is 1.74. The SMILES string of the molecule is CC1Cc2c(Br)cc(CC=O)c(O)c2O1. The average Bonchev–Trinajstić information content (AvgIpc) is 2.57. The summed E-state index contributed by atoms with van der Waals surface area (Å²) in [5.74, 6) is 0.623. The van der Waals surface area contributed by atoms with Gasteiger partial charge in [0, 0.05) is 28.4 Å². The van der Waals surface area contributed by atoms with Crippen LogP contribution in [0.15, 0.2) is 10.5 Å². The van der Waals surface area contributed by atoms with Crippen LogP contribution in [0.3, 0.4) is 0 Å². The molecule has 1 atom stereocenters. The van der Waals surface area contributed by atoms with E-state index < -0.39 is 0 Å². The fourth-order valence-corrected chi connectivity index (χ4v) is 2.42. The molecule has 1 aromatic rings. The molecule has 0 saturated heterocycles. The van der Waals surface area contributed by atoms with Gasteiger partial charge in [0.15, 0.2) is 11.5 Å². The number of rotatable bonds is 2. The van der Waals surface area contributed by atoms with Crippen LogP contribution in [0, 0.1) is 0 Å². The molecule has 0 saturated carbocycles. The highest BCUT2D eigenvalue weighted by molar-refractivity contribution is 9.10. The van der Waals surface area contributed by atoms with Crippen LogP contribution in [-0.2, 0) is 17.6 Å². The van der Waals surface area contributed by atoms with E-state index in [9.17, 15) is 9.90 Å². The second kappa shape index (κ2) is 3.85. The first kappa shape index (κ1) is 10.5. The Balaban J connectivity index is 2.53. The number of carbonyl (C=O) groups is 1. The van der Waals surface area contributed by atoms with Crippen molar-refractivity contribution in [1.82, 2.24) is 0 Å². The third-order valence-corrected chi connectivity index (χ3v) is 3.20. The Bertz CT molecular complexity index is 415. The molecule has 1 aliphatic rings. The van der Waals surface area contributed by atoms with Crippen molar-refractivity contribution in [1.29, 1.82) is 0 Å². The molecule has 1 N–H and O–H groups in total. The highest BCUT2D eigenvalue weighted by Crippen LogP contribution is 2.43. The lowest BCUT2D eigenvalue weighted by Crippen LogP contribution is -2.05. The van der Waals surface area contributed by atoms with Gasteiger partial charge in [-0.2, -0.15) is 0 Å². The summed E-state index contributed by atoms with van der Waals surface area (Å²) in [5.41, 5.74) is 1.58. The summed E-state index contributed by atoms with van der Waals surface area (Å²) in [6.07, 6.45) is 1.83. The van der Waals surface area contributed by atoms with E-state index in [0.29, 0.717) is 11.3 Å². The number of fused-ring (bicyclic) bond motifs is 1. The summed E-state index contributed by atoms with van der Waals surface area (Å²) in [5, 5.41) is 9.88. The van der Waals surface area contributed by atoms with E-state index in [1.807, 2.05) is 6.92 Å². The van der Waals surface area contributed by atoms with Gasteiger partial charge in [0.1, 0.15) is 12.4 Å². The minimum absolute atomic E-state index is 0.0775. The fraction of sp³-hybridized carbons (Fsp3) is 0.364. The summed E-state index contributed by atoms with van der Waals surface area (Å²) < 4.78 is 6.41. The van der Waals surface area contributed by atoms with Gasteiger partial charge in [-0.1, -0.05) is 15.9 Å². The monoisotopic (exact) mass is 270 g/mol. The standard InChI is InChI=1S/C11H11BrO3/c1-6-4-8-9(12)5-7(2-3-13)10(14)11(8)15-6/h3,5-6,14H,2,4H2,1H3. The van der Waals surface area contributed by atoms with Crippen LogP contribution in [0.1, 0.15) is 18.1 Å². The van der Waals surface area contributed by atoms with Crippen LogP contribution in [0.2, 0.25) is 0 Å². The molecule has 0 amide bonds. The van der Waals surface area contributed by atoms with Crippen molar-refractivity contribution in [3.8, 4) is 11.5 Å². The van der Waals surface area contributed by atoms with Crippen molar-refractivity contribution in [2.24, 2.45) is 0 Å². The average molecular weight is 271 g/mol. The van der Waals surface area contributed by atoms with Gasteiger partial charge in [-0.05, 0) is 13.0 Å². The maximum Gasteiger partial charge on any atom is 0.166 e. The van der Waals surface area contributed by atoms with E-state index in [1.54, 1.807) is 6.07 Å². The molecule has 1 heterocycles. The molecule has 0 aliphatic carbocycles. The zero-order chi connectivity index (χ0) is 11.0. The van der Waals surface area contributed by atoms with Gasteiger partial charge in [-0.3, -0.25) is 0 Å². The van der Waals surface area contributed by atoms with Gasteiger partial charge in [0.25, 0.3) is 0 Å². The maximum absolute atomic E-state index is 10.4. The van der Waals surface area contributed by atoms with Crippen molar-refractivity contribution in [2.75, 3.05) is 0 Å². The molecule has 0 fully saturated rings. The number of benzene rings is 1. The summed E-state index contributed by atoms with van der Waals surface area (Å²) in [6, 6.07) is 1.78. The van der Waals surface area contributed by atoms with Crippen LogP contribution in [0.4, 0.5) is 0 Å². The van der Waals surface area contributed by atoms with E-state index in [1.165, 1.54) is 0 Å². The second-order valence-corrected chi connectivity index (χ2v) is 4.53. The number of halogens is 1. The number of aldehydes is 1. The second-order valence-electron chi connectivity index (χ2n) is 3.68. The molecule has 0 aromatic heterocycles. The number of aromatic hydroxyl groups is 1. The van der Waals surface area contributed by atoms with E-state index in [0.717, 1.165) is 22.7 Å². The molecule has 0 bridgehead atoms. The first-order chi connectivity index (χ1) is 7.13. The smallest absolute Gasteiger partial charge is 0.166 e. The van der Waals surface area contributed by atoms with Gasteiger partial charge in [0.2, 0.25) is 0 Å². The molecule has 80 valence electrons. The Kier molecular flexibility index (Phi) is 2.69. The number of ether oxygens (including phenoxy) is 1. The lowest BCUT2D eigenvalue weighted by Gasteiger charge is -2.09. The van der Waals surface area contributed by atoms with Gasteiger partial charge < -0.3 is 14.6 Å². The highest BCUT2D eigenvalue weighted by Gasteiger charge is 2.26. The zero-order valence-corrected chi connectivity index (χ0v) is 9.87. The Morgan fingerprint density at radius 1 is 1.73 bits per heavy atom. The molecule has 2 rings (SSSR count). The van der Waals surface area contributed by atoms with Gasteiger partial charge in [0.05, 0.1) is 0 Å². The minimum atomic E-state index is 0.0775. The van der Waals surface area contributed by atoms with Crippen molar-refractivity contribution in [3.05, 3.63) is 21.7 Å². The van der Waals surface area contributed by atoms with Gasteiger partial charge >= 0.3 is 0 Å². The minimum Gasteiger partial charge on any atom is -0.504 e. The van der Waals surface area contributed by atoms with Crippen LogP contribution < -0.4 is 4.74 Å². The van der Waals surface area contributed by atoms with Crippen molar-refractivity contribution >= 4 is 22.2 Å². The number of carbonyl (C=O) groups excluding carboxylic acids is 1. The Labute approximate surface area is 96.2 Å². The van der Waals surface area contributed by atoms with Crippen molar-refractivity contribution in [3.63, 3.8) is 0 Å². The molecule has 1 aliphatic heterocycles. The summed E-state index contributed by atoms with van der Waals surface area (Å²) in [7, 11) is 0. The first-order valence-electron chi connectivity index (χ1n) is 4.77. The molecule has 0 spiro atoms. The summed E-state index contributed by atoms with van der Waals surface area (Å²) in [4.78, 5) is 10.4. The quantitative estimate of drug-likeness (QED) is 0.839. The van der Waals surface area contributed by atoms with Gasteiger partial charge in [-0.25, -0.2) is 0 Å². The zero-order valence-electron chi connectivity index (χ0n) is 8.29. The summed E-state index contributed by atoms with van der Waals surface area (Å²) in [6.45, 7) is 1.95. The fourth-order valence-electron chi connectivity index (χ4n) is 1.80. The lowest BCUT2D eigenvalue weighted by atomic mass is 10.0. The molecule has 4 heteroatoms. The lowest BCUT2D eigenvalue weighted by molar-refractivity contribution is -0.107. The van der Waals surface area contributed by atoms with Crippen molar-refractivity contribution < 1.29 is 14.6 Å². The normalized spacial score (nSPS) is 18.4. The van der Waals surface area contributed by atoms with Crippen molar-refractivity contribution in [2.45, 2.75) is 25.9 Å². The van der Waals surface area contributed by atoms with Crippen LogP contribution in [-0.4, -0.2) is 17.5 Å². The highest BCUT2D eigenvalue weighted by atomic mass is 79.9. The van der Waals surface area contributed by atoms with E-state index >= 15 is 0 Å². The largest absolute Gasteiger partial charge is 0.504 e. The Morgan fingerprint density at radius 3 is 3.13 bits per heavy atom. The van der Waals surface area contributed by atoms with Gasteiger partial charge in [-0.15, -0.1) is 0 Å². The molecule has 0 radical (unpaired) electrons. The molecular formula is C11H11BrO3. The predicted octanol–water partition coefficient (Wildman–Crippen LogP) is 2.22. The Hall–Kier alpha value is -1.03. The van der Waals surface area contributed by atoms with Crippen LogP contribution in [0.25, 0.3) is 0 Å². The molecule has 3 nitrogen and oxygen atoms in total. The number of hydrogen-bond donors (Lipinski definition) is 1. The number of phenolic OH excluding ortho intramolecular Hbond substituents is 1. The number of hydrogen-bond acceptors (Lipinski definition) is 3. The molecule has 1 aromatic carbocycles. The molecule has 15 heavy (non-hydrogen) atoms. The predicted molar refractivity (Wildman–Crippen MR) is 59.4 cm³/mol. The molecular weight excluding hydrogens is 260 g/mol. The maximum atomic E-state index is 10.4. The number of phenols is 1. The summed E-state index contributed by atoms with van der Waals surface area (Å²) >= 11 is 3.42. The molecule has 1 unspecified atom stereocenters. The first-order valence-corrected chi connectivity index (χ1v) is 5.56. The topological polar surface area (TPSA) is 46.5 Å².